The van der Waals surface area contributed by atoms with Crippen LogP contribution < -0.4 is 5.73 Å². The first-order valence-electron chi connectivity index (χ1n) is 8.15. The molecule has 0 fully saturated rings. The molecule has 3 rings (SSSR count). The first-order valence-corrected chi connectivity index (χ1v) is 8.15. The van der Waals surface area contributed by atoms with Gasteiger partial charge in [0.25, 0.3) is 5.91 Å². The van der Waals surface area contributed by atoms with Gasteiger partial charge in [-0.25, -0.2) is 14.8 Å². The minimum Gasteiger partial charge on any atom is -0.451 e. The minimum absolute atomic E-state index is 0.00209. The first-order chi connectivity index (χ1) is 12.1. The zero-order valence-corrected chi connectivity index (χ0v) is 14.0. The van der Waals surface area contributed by atoms with E-state index in [0.717, 1.165) is 24.8 Å². The smallest absolute Gasteiger partial charge is 0.361 e. The molecule has 1 aromatic carbocycles. The van der Waals surface area contributed by atoms with Gasteiger partial charge in [-0.15, -0.1) is 0 Å². The van der Waals surface area contributed by atoms with Crippen LogP contribution in [0.3, 0.4) is 0 Å². The number of aryl methyl sites for hydroxylation is 1. The van der Waals surface area contributed by atoms with Gasteiger partial charge in [0.2, 0.25) is 0 Å². The van der Waals surface area contributed by atoms with Gasteiger partial charge < -0.3 is 15.4 Å². The predicted molar refractivity (Wildman–Crippen MR) is 91.6 cm³/mol. The normalized spacial score (nSPS) is 16.0. The molecule has 0 bridgehead atoms. The van der Waals surface area contributed by atoms with Crippen LogP contribution in [-0.4, -0.2) is 40.4 Å². The van der Waals surface area contributed by atoms with Gasteiger partial charge in [0.05, 0.1) is 6.04 Å². The van der Waals surface area contributed by atoms with Crippen molar-refractivity contribution in [3.8, 4) is 0 Å². The van der Waals surface area contributed by atoms with E-state index in [9.17, 15) is 9.59 Å². The molecule has 1 atom stereocenters. The number of esters is 1. The first kappa shape index (κ1) is 16.9. The van der Waals surface area contributed by atoms with Crippen LogP contribution in [0.25, 0.3) is 0 Å². The largest absolute Gasteiger partial charge is 0.451 e. The van der Waals surface area contributed by atoms with Gasteiger partial charge in [-0.2, -0.15) is 0 Å². The van der Waals surface area contributed by atoms with Gasteiger partial charge in [0.1, 0.15) is 0 Å². The molecule has 0 saturated heterocycles. The molecule has 0 saturated carbocycles. The third-order valence-electron chi connectivity index (χ3n) is 4.45. The number of likely N-dealkylation sites (N-methyl/N-ethyl adjacent to an activating group) is 1. The fourth-order valence-electron chi connectivity index (χ4n) is 3.11. The highest BCUT2D eigenvalue weighted by Crippen LogP contribution is 2.33. The van der Waals surface area contributed by atoms with E-state index in [0.29, 0.717) is 0 Å². The number of fused-ring (bicyclic) bond motifs is 1. The van der Waals surface area contributed by atoms with E-state index in [4.69, 9.17) is 10.5 Å². The Balaban J connectivity index is 1.64. The van der Waals surface area contributed by atoms with Crippen molar-refractivity contribution in [2.45, 2.75) is 25.3 Å². The Kier molecular flexibility index (Phi) is 4.92. The molecule has 0 unspecified atom stereocenters. The molecule has 1 aromatic heterocycles. The number of ether oxygens (including phenoxy) is 1. The van der Waals surface area contributed by atoms with Crippen LogP contribution in [0, 0.1) is 0 Å². The molecule has 1 heterocycles. The van der Waals surface area contributed by atoms with E-state index in [1.165, 1.54) is 18.0 Å². The lowest BCUT2D eigenvalue weighted by Crippen LogP contribution is -2.36. The summed E-state index contributed by atoms with van der Waals surface area (Å²) in [5.74, 6) is -1.04. The number of carbonyl (C=O) groups is 2. The second-order valence-electron chi connectivity index (χ2n) is 5.98. The lowest BCUT2D eigenvalue weighted by atomic mass is 9.87. The van der Waals surface area contributed by atoms with Crippen molar-refractivity contribution in [3.05, 3.63) is 53.5 Å². The summed E-state index contributed by atoms with van der Waals surface area (Å²) in [6, 6.07) is 8.13. The number of benzene rings is 1. The van der Waals surface area contributed by atoms with E-state index < -0.39 is 5.97 Å². The highest BCUT2D eigenvalue weighted by atomic mass is 16.5. The Labute approximate surface area is 145 Å². The molecule has 1 aliphatic rings. The number of hydrogen-bond donors (Lipinski definition) is 1. The van der Waals surface area contributed by atoms with E-state index >= 15 is 0 Å². The van der Waals surface area contributed by atoms with Crippen LogP contribution in [0.1, 0.15) is 40.5 Å². The average Bonchev–Trinajstić information content (AvgIpc) is 2.65. The van der Waals surface area contributed by atoms with Crippen molar-refractivity contribution < 1.29 is 14.3 Å². The average molecular weight is 340 g/mol. The predicted octanol–water partition coefficient (Wildman–Crippen LogP) is 1.75. The third-order valence-corrected chi connectivity index (χ3v) is 4.45. The Bertz CT molecular complexity index is 793. The molecule has 2 N–H and O–H groups in total. The van der Waals surface area contributed by atoms with Crippen molar-refractivity contribution in [2.24, 2.45) is 0 Å². The summed E-state index contributed by atoms with van der Waals surface area (Å²) >= 11 is 0. The van der Waals surface area contributed by atoms with Gasteiger partial charge in [0.15, 0.2) is 18.1 Å². The van der Waals surface area contributed by atoms with Crippen molar-refractivity contribution in [2.75, 3.05) is 19.4 Å². The van der Waals surface area contributed by atoms with Crippen LogP contribution in [0.15, 0.2) is 36.7 Å². The number of nitrogen functional groups attached to an aromatic ring is 1. The lowest BCUT2D eigenvalue weighted by molar-refractivity contribution is -0.135. The summed E-state index contributed by atoms with van der Waals surface area (Å²) in [5, 5.41) is 0. The summed E-state index contributed by atoms with van der Waals surface area (Å²) < 4.78 is 5.06. The topological polar surface area (TPSA) is 98.4 Å². The Morgan fingerprint density at radius 1 is 1.28 bits per heavy atom. The van der Waals surface area contributed by atoms with Crippen LogP contribution >= 0.6 is 0 Å². The van der Waals surface area contributed by atoms with Crippen LogP contribution in [0.4, 0.5) is 5.82 Å². The molecule has 7 heteroatoms. The van der Waals surface area contributed by atoms with Crippen LogP contribution in [0.2, 0.25) is 0 Å². The van der Waals surface area contributed by atoms with Crippen LogP contribution in [0.5, 0.6) is 0 Å². The zero-order valence-electron chi connectivity index (χ0n) is 14.0. The number of aromatic nitrogens is 2. The standard InChI is InChI=1S/C18H20N4O3/c1-22(14-8-4-6-12-5-2-3-7-13(12)14)15(23)11-25-18(24)16-17(19)21-10-9-20-16/h2-3,5,7,9-10,14H,4,6,8,11H2,1H3,(H2,19,21)/t14-/m0/s1. The lowest BCUT2D eigenvalue weighted by Gasteiger charge is -2.33. The highest BCUT2D eigenvalue weighted by molar-refractivity contribution is 5.93. The van der Waals surface area contributed by atoms with Gasteiger partial charge in [-0.1, -0.05) is 24.3 Å². The van der Waals surface area contributed by atoms with Crippen LogP contribution in [-0.2, 0) is 16.0 Å². The second-order valence-corrected chi connectivity index (χ2v) is 5.98. The minimum atomic E-state index is -0.753. The molecule has 0 radical (unpaired) electrons. The number of nitrogens with two attached hydrogens (primary N) is 1. The number of rotatable bonds is 4. The van der Waals surface area contributed by atoms with Crippen molar-refractivity contribution in [3.63, 3.8) is 0 Å². The Morgan fingerprint density at radius 3 is 2.84 bits per heavy atom. The molecule has 1 amide bonds. The summed E-state index contributed by atoms with van der Waals surface area (Å²) in [5.41, 5.74) is 7.93. The molecule has 25 heavy (non-hydrogen) atoms. The van der Waals surface area contributed by atoms with Crippen molar-refractivity contribution >= 4 is 17.7 Å². The number of nitrogens with zero attached hydrogens (tertiary/aromatic N) is 3. The summed E-state index contributed by atoms with van der Waals surface area (Å²) in [7, 11) is 1.74. The summed E-state index contributed by atoms with van der Waals surface area (Å²) in [4.78, 5) is 33.7. The molecule has 0 aliphatic heterocycles. The maximum Gasteiger partial charge on any atom is 0.361 e. The molecular weight excluding hydrogens is 320 g/mol. The zero-order chi connectivity index (χ0) is 17.8. The maximum absolute atomic E-state index is 12.5. The number of hydrogen-bond acceptors (Lipinski definition) is 6. The van der Waals surface area contributed by atoms with Crippen molar-refractivity contribution in [1.82, 2.24) is 14.9 Å². The molecule has 130 valence electrons. The van der Waals surface area contributed by atoms with E-state index in [2.05, 4.69) is 22.1 Å². The molecule has 2 aromatic rings. The number of carbonyl (C=O) groups excluding carboxylic acids is 2. The SMILES string of the molecule is CN(C(=O)COC(=O)c1nccnc1N)[C@H]1CCCc2ccccc21. The van der Waals surface area contributed by atoms with E-state index in [1.54, 1.807) is 11.9 Å². The monoisotopic (exact) mass is 340 g/mol. The quantitative estimate of drug-likeness (QED) is 0.852. The second kappa shape index (κ2) is 7.29. The number of amides is 1. The van der Waals surface area contributed by atoms with Crippen molar-refractivity contribution in [1.29, 1.82) is 0 Å². The molecule has 0 spiro atoms. The molecular formula is C18H20N4O3. The Morgan fingerprint density at radius 2 is 2.04 bits per heavy atom. The summed E-state index contributed by atoms with van der Waals surface area (Å²) in [6.45, 7) is -0.357. The van der Waals surface area contributed by atoms with Gasteiger partial charge in [0, 0.05) is 19.4 Å². The third kappa shape index (κ3) is 3.60. The fraction of sp³-hybridized carbons (Fsp3) is 0.333. The molecule has 7 nitrogen and oxygen atoms in total. The Hall–Kier alpha value is -2.96. The fourth-order valence-corrected chi connectivity index (χ4v) is 3.11. The molecule has 1 aliphatic carbocycles. The highest BCUT2D eigenvalue weighted by Gasteiger charge is 2.27. The van der Waals surface area contributed by atoms with Gasteiger partial charge >= 0.3 is 5.97 Å². The summed E-state index contributed by atoms with van der Waals surface area (Å²) in [6.07, 6.45) is 5.67. The van der Waals surface area contributed by atoms with E-state index in [1.807, 2.05) is 12.1 Å². The van der Waals surface area contributed by atoms with Gasteiger partial charge in [-0.3, -0.25) is 4.79 Å². The van der Waals surface area contributed by atoms with Gasteiger partial charge in [-0.05, 0) is 30.4 Å². The van der Waals surface area contributed by atoms with E-state index in [-0.39, 0.29) is 30.1 Å². The maximum atomic E-state index is 12.5. The number of anilines is 1.